The summed E-state index contributed by atoms with van der Waals surface area (Å²) in [4.78, 5) is 0. The minimum atomic E-state index is 0.571. The van der Waals surface area contributed by atoms with Crippen molar-refractivity contribution in [1.29, 1.82) is 0 Å². The van der Waals surface area contributed by atoms with E-state index < -0.39 is 0 Å². The molecular formula is C17H35NO. The molecule has 0 amide bonds. The van der Waals surface area contributed by atoms with Gasteiger partial charge in [-0.3, -0.25) is 0 Å². The Bertz CT molecular complexity index is 205. The summed E-state index contributed by atoms with van der Waals surface area (Å²) < 4.78 is 6.12. The highest BCUT2D eigenvalue weighted by molar-refractivity contribution is 4.74. The Hall–Kier alpha value is -0.0800. The minimum absolute atomic E-state index is 0.571. The molecule has 1 N–H and O–H groups in total. The zero-order valence-electron chi connectivity index (χ0n) is 13.4. The molecule has 2 atom stereocenters. The van der Waals surface area contributed by atoms with Crippen molar-refractivity contribution < 1.29 is 4.74 Å². The third kappa shape index (κ3) is 7.94. The first-order valence-corrected chi connectivity index (χ1v) is 8.59. The van der Waals surface area contributed by atoms with Gasteiger partial charge in [-0.05, 0) is 38.1 Å². The molecule has 0 saturated heterocycles. The molecule has 1 aliphatic carbocycles. The second kappa shape index (κ2) is 10.7. The van der Waals surface area contributed by atoms with Crippen molar-refractivity contribution in [3.05, 3.63) is 0 Å². The van der Waals surface area contributed by atoms with Crippen LogP contribution in [-0.4, -0.2) is 25.3 Å². The summed E-state index contributed by atoms with van der Waals surface area (Å²) in [6, 6.07) is 0.626. The zero-order chi connectivity index (χ0) is 13.9. The van der Waals surface area contributed by atoms with Crippen LogP contribution < -0.4 is 5.32 Å². The summed E-state index contributed by atoms with van der Waals surface area (Å²) >= 11 is 0. The molecule has 0 aliphatic heterocycles. The van der Waals surface area contributed by atoms with Crippen molar-refractivity contribution in [3.63, 3.8) is 0 Å². The molecule has 0 aromatic carbocycles. The average Bonchev–Trinajstić information content (AvgIpc) is 2.42. The summed E-state index contributed by atoms with van der Waals surface area (Å²) in [7, 11) is 0. The first kappa shape index (κ1) is 17.0. The maximum absolute atomic E-state index is 6.12. The third-order valence-electron chi connectivity index (χ3n) is 4.32. The fourth-order valence-corrected chi connectivity index (χ4v) is 3.07. The second-order valence-electron chi connectivity index (χ2n) is 6.39. The molecule has 1 fully saturated rings. The predicted octanol–water partition coefficient (Wildman–Crippen LogP) is 4.53. The summed E-state index contributed by atoms with van der Waals surface area (Å²) in [6.45, 7) is 8.89. The van der Waals surface area contributed by atoms with Crippen LogP contribution in [0.15, 0.2) is 0 Å². The van der Waals surface area contributed by atoms with Gasteiger partial charge in [0.15, 0.2) is 0 Å². The number of rotatable bonds is 10. The summed E-state index contributed by atoms with van der Waals surface area (Å²) in [6.07, 6.45) is 12.6. The lowest BCUT2D eigenvalue weighted by Crippen LogP contribution is -2.27. The third-order valence-corrected chi connectivity index (χ3v) is 4.32. The fourth-order valence-electron chi connectivity index (χ4n) is 3.07. The molecule has 0 bridgehead atoms. The lowest BCUT2D eigenvalue weighted by atomic mass is 9.85. The minimum Gasteiger partial charge on any atom is -0.378 e. The molecule has 2 heteroatoms. The monoisotopic (exact) mass is 269 g/mol. The molecule has 19 heavy (non-hydrogen) atoms. The molecule has 114 valence electrons. The normalized spacial score (nSPS) is 24.0. The predicted molar refractivity (Wildman–Crippen MR) is 83.6 cm³/mol. The highest BCUT2D eigenvalue weighted by atomic mass is 16.5. The molecule has 1 saturated carbocycles. The number of hydrogen-bond acceptors (Lipinski definition) is 2. The highest BCUT2D eigenvalue weighted by Crippen LogP contribution is 2.29. The molecule has 1 aliphatic rings. The van der Waals surface area contributed by atoms with Gasteiger partial charge in [-0.2, -0.15) is 0 Å². The van der Waals surface area contributed by atoms with Crippen molar-refractivity contribution in [2.24, 2.45) is 5.92 Å². The van der Waals surface area contributed by atoms with E-state index in [1.54, 1.807) is 0 Å². The van der Waals surface area contributed by atoms with E-state index in [2.05, 4.69) is 26.1 Å². The Morgan fingerprint density at radius 3 is 2.53 bits per heavy atom. The largest absolute Gasteiger partial charge is 0.378 e. The maximum Gasteiger partial charge on any atom is 0.0603 e. The first-order chi connectivity index (χ1) is 9.24. The first-order valence-electron chi connectivity index (χ1n) is 8.59. The number of nitrogens with one attached hydrogen (secondary N) is 1. The zero-order valence-corrected chi connectivity index (χ0v) is 13.4. The quantitative estimate of drug-likeness (QED) is 0.588. The van der Waals surface area contributed by atoms with Crippen molar-refractivity contribution in [1.82, 2.24) is 5.32 Å². The SMILES string of the molecule is CCC1CCCCC1OCCCCCCNC(C)C. The molecule has 0 heterocycles. The number of unbranched alkanes of at least 4 members (excludes halogenated alkanes) is 3. The van der Waals surface area contributed by atoms with Crippen LogP contribution in [0, 0.1) is 5.92 Å². The number of hydrogen-bond donors (Lipinski definition) is 1. The molecule has 2 nitrogen and oxygen atoms in total. The molecule has 0 aromatic rings. The van der Waals surface area contributed by atoms with E-state index in [1.165, 1.54) is 64.3 Å². The smallest absolute Gasteiger partial charge is 0.0603 e. The van der Waals surface area contributed by atoms with Gasteiger partial charge in [-0.25, -0.2) is 0 Å². The van der Waals surface area contributed by atoms with Gasteiger partial charge in [-0.15, -0.1) is 0 Å². The van der Waals surface area contributed by atoms with Crippen molar-refractivity contribution in [3.8, 4) is 0 Å². The van der Waals surface area contributed by atoms with Gasteiger partial charge in [0, 0.05) is 12.6 Å². The van der Waals surface area contributed by atoms with Crippen molar-refractivity contribution >= 4 is 0 Å². The lowest BCUT2D eigenvalue weighted by Gasteiger charge is -2.30. The average molecular weight is 269 g/mol. The lowest BCUT2D eigenvalue weighted by molar-refractivity contribution is -0.0135. The fraction of sp³-hybridized carbons (Fsp3) is 1.00. The molecule has 1 rings (SSSR count). The van der Waals surface area contributed by atoms with Gasteiger partial charge in [0.05, 0.1) is 6.10 Å². The Labute approximate surface area is 120 Å². The van der Waals surface area contributed by atoms with E-state index in [1.807, 2.05) is 0 Å². The van der Waals surface area contributed by atoms with E-state index in [9.17, 15) is 0 Å². The molecule has 0 spiro atoms. The van der Waals surface area contributed by atoms with Crippen LogP contribution in [0.2, 0.25) is 0 Å². The van der Waals surface area contributed by atoms with Crippen molar-refractivity contribution in [2.75, 3.05) is 13.2 Å². The van der Waals surface area contributed by atoms with Gasteiger partial charge in [-0.1, -0.05) is 52.9 Å². The molecular weight excluding hydrogens is 234 g/mol. The van der Waals surface area contributed by atoms with Crippen LogP contribution in [0.3, 0.4) is 0 Å². The van der Waals surface area contributed by atoms with E-state index in [0.717, 1.165) is 12.5 Å². The van der Waals surface area contributed by atoms with Crippen molar-refractivity contribution in [2.45, 2.75) is 90.7 Å². The molecule has 0 radical (unpaired) electrons. The van der Waals surface area contributed by atoms with Crippen LogP contribution in [-0.2, 0) is 4.74 Å². The Morgan fingerprint density at radius 2 is 1.79 bits per heavy atom. The molecule has 2 unspecified atom stereocenters. The van der Waals surface area contributed by atoms with E-state index >= 15 is 0 Å². The van der Waals surface area contributed by atoms with E-state index in [0.29, 0.717) is 12.1 Å². The van der Waals surface area contributed by atoms with E-state index in [-0.39, 0.29) is 0 Å². The highest BCUT2D eigenvalue weighted by Gasteiger charge is 2.23. The number of ether oxygens (including phenoxy) is 1. The van der Waals surface area contributed by atoms with Gasteiger partial charge < -0.3 is 10.1 Å². The van der Waals surface area contributed by atoms with Gasteiger partial charge in [0.2, 0.25) is 0 Å². The van der Waals surface area contributed by atoms with Crippen LogP contribution in [0.4, 0.5) is 0 Å². The maximum atomic E-state index is 6.12. The van der Waals surface area contributed by atoms with Crippen LogP contribution in [0.25, 0.3) is 0 Å². The van der Waals surface area contributed by atoms with Gasteiger partial charge in [0.25, 0.3) is 0 Å². The van der Waals surface area contributed by atoms with Crippen LogP contribution in [0.1, 0.15) is 78.6 Å². The van der Waals surface area contributed by atoms with Crippen LogP contribution in [0.5, 0.6) is 0 Å². The Morgan fingerprint density at radius 1 is 1.05 bits per heavy atom. The Balaban J connectivity index is 1.92. The Kier molecular flexibility index (Phi) is 9.54. The van der Waals surface area contributed by atoms with Gasteiger partial charge >= 0.3 is 0 Å². The molecule has 0 aromatic heterocycles. The van der Waals surface area contributed by atoms with Gasteiger partial charge in [0.1, 0.15) is 0 Å². The summed E-state index contributed by atoms with van der Waals surface area (Å²) in [5.41, 5.74) is 0. The second-order valence-corrected chi connectivity index (χ2v) is 6.39. The topological polar surface area (TPSA) is 21.3 Å². The summed E-state index contributed by atoms with van der Waals surface area (Å²) in [5, 5.41) is 3.47. The van der Waals surface area contributed by atoms with E-state index in [4.69, 9.17) is 4.74 Å². The van der Waals surface area contributed by atoms with Crippen LogP contribution >= 0.6 is 0 Å². The summed E-state index contributed by atoms with van der Waals surface area (Å²) in [5.74, 6) is 0.837. The standard InChI is InChI=1S/C17H35NO/c1-4-16-11-7-8-12-17(16)19-14-10-6-5-9-13-18-15(2)3/h15-18H,4-14H2,1-3H3.